The number of hydrogen-bond acceptors (Lipinski definition) is 3. The number of rotatable bonds is 3. The molecular weight excluding hydrogens is 269 g/mol. The molecule has 0 aliphatic carbocycles. The van der Waals surface area contributed by atoms with Crippen LogP contribution < -0.4 is 10.6 Å². The fourth-order valence-corrected chi connectivity index (χ4v) is 2.03. The minimum absolute atomic E-state index is 0.462. The van der Waals surface area contributed by atoms with Crippen LogP contribution in [-0.2, 0) is 6.54 Å². The van der Waals surface area contributed by atoms with E-state index in [0.717, 1.165) is 11.4 Å². The van der Waals surface area contributed by atoms with Crippen molar-refractivity contribution in [2.75, 3.05) is 17.7 Å². The first-order chi connectivity index (χ1) is 8.58. The van der Waals surface area contributed by atoms with Crippen molar-refractivity contribution in [2.24, 2.45) is 0 Å². The van der Waals surface area contributed by atoms with E-state index in [1.807, 2.05) is 30.1 Å². The molecule has 1 aromatic heterocycles. The Bertz CT molecular complexity index is 543. The third kappa shape index (κ3) is 2.86. The molecule has 0 radical (unpaired) electrons. The van der Waals surface area contributed by atoms with Gasteiger partial charge in [0.15, 0.2) is 0 Å². The zero-order valence-electron chi connectivity index (χ0n) is 9.90. The fourth-order valence-electron chi connectivity index (χ4n) is 1.70. The molecule has 18 heavy (non-hydrogen) atoms. The number of halogens is 2. The average Bonchev–Trinajstić information content (AvgIpc) is 2.35. The monoisotopic (exact) mass is 281 g/mol. The standard InChI is InChI=1S/C13H13Cl2N3/c1-18(8-9-4-2-3-5-17-9)13-7-11(15)10(14)6-12(13)16/h2-7H,8,16H2,1H3. The van der Waals surface area contributed by atoms with E-state index in [2.05, 4.69) is 4.98 Å². The maximum absolute atomic E-state index is 6.00. The van der Waals surface area contributed by atoms with Crippen LogP contribution in [0.2, 0.25) is 10.0 Å². The Kier molecular flexibility index (Phi) is 3.94. The number of nitrogens with two attached hydrogens (primary N) is 1. The average molecular weight is 282 g/mol. The van der Waals surface area contributed by atoms with E-state index >= 15 is 0 Å². The number of nitrogens with zero attached hydrogens (tertiary/aromatic N) is 2. The summed E-state index contributed by atoms with van der Waals surface area (Å²) in [6.45, 7) is 0.656. The van der Waals surface area contributed by atoms with Crippen molar-refractivity contribution in [3.8, 4) is 0 Å². The Morgan fingerprint density at radius 3 is 2.61 bits per heavy atom. The normalized spacial score (nSPS) is 10.4. The van der Waals surface area contributed by atoms with Gasteiger partial charge in [-0.25, -0.2) is 0 Å². The summed E-state index contributed by atoms with van der Waals surface area (Å²) in [7, 11) is 1.94. The van der Waals surface area contributed by atoms with Crippen molar-refractivity contribution < 1.29 is 0 Å². The lowest BCUT2D eigenvalue weighted by Crippen LogP contribution is -2.18. The summed E-state index contributed by atoms with van der Waals surface area (Å²) in [4.78, 5) is 6.26. The highest BCUT2D eigenvalue weighted by molar-refractivity contribution is 6.42. The Hall–Kier alpha value is -1.45. The lowest BCUT2D eigenvalue weighted by molar-refractivity contribution is 0.886. The van der Waals surface area contributed by atoms with Crippen molar-refractivity contribution >= 4 is 34.6 Å². The number of anilines is 2. The number of aromatic nitrogens is 1. The van der Waals surface area contributed by atoms with Crippen molar-refractivity contribution in [1.29, 1.82) is 0 Å². The maximum atomic E-state index is 6.00. The molecule has 0 saturated carbocycles. The number of nitrogen functional groups attached to an aromatic ring is 1. The van der Waals surface area contributed by atoms with Gasteiger partial charge in [-0.15, -0.1) is 0 Å². The third-order valence-corrected chi connectivity index (χ3v) is 3.33. The first kappa shape index (κ1) is 13.0. The van der Waals surface area contributed by atoms with Gasteiger partial charge in [0.1, 0.15) is 0 Å². The van der Waals surface area contributed by atoms with Gasteiger partial charge in [-0.1, -0.05) is 29.3 Å². The second kappa shape index (κ2) is 5.46. The van der Waals surface area contributed by atoms with E-state index in [1.54, 1.807) is 18.3 Å². The quantitative estimate of drug-likeness (QED) is 0.874. The van der Waals surface area contributed by atoms with Gasteiger partial charge in [0.05, 0.1) is 33.7 Å². The summed E-state index contributed by atoms with van der Waals surface area (Å²) in [5, 5.41) is 0.956. The van der Waals surface area contributed by atoms with Gasteiger partial charge in [-0.2, -0.15) is 0 Å². The van der Waals surface area contributed by atoms with Crippen LogP contribution in [0.25, 0.3) is 0 Å². The zero-order valence-corrected chi connectivity index (χ0v) is 11.4. The molecule has 2 rings (SSSR count). The van der Waals surface area contributed by atoms with E-state index < -0.39 is 0 Å². The van der Waals surface area contributed by atoms with Gasteiger partial charge in [0, 0.05) is 13.2 Å². The van der Waals surface area contributed by atoms with Crippen molar-refractivity contribution in [3.05, 3.63) is 52.3 Å². The number of benzene rings is 1. The van der Waals surface area contributed by atoms with Crippen LogP contribution in [0.4, 0.5) is 11.4 Å². The lowest BCUT2D eigenvalue weighted by Gasteiger charge is -2.21. The molecule has 5 heteroatoms. The minimum atomic E-state index is 0.462. The first-order valence-electron chi connectivity index (χ1n) is 5.43. The molecule has 0 spiro atoms. The Morgan fingerprint density at radius 2 is 1.94 bits per heavy atom. The van der Waals surface area contributed by atoms with Crippen molar-refractivity contribution in [2.45, 2.75) is 6.54 Å². The van der Waals surface area contributed by atoms with Gasteiger partial charge in [0.2, 0.25) is 0 Å². The highest BCUT2D eigenvalue weighted by Gasteiger charge is 2.10. The molecule has 0 aliphatic heterocycles. The van der Waals surface area contributed by atoms with Crippen LogP contribution >= 0.6 is 23.2 Å². The van der Waals surface area contributed by atoms with E-state index in [-0.39, 0.29) is 0 Å². The summed E-state index contributed by atoms with van der Waals surface area (Å²) in [5.41, 5.74) is 8.35. The van der Waals surface area contributed by atoms with Gasteiger partial charge < -0.3 is 10.6 Å². The third-order valence-electron chi connectivity index (χ3n) is 2.61. The van der Waals surface area contributed by atoms with Gasteiger partial charge in [0.25, 0.3) is 0 Å². The number of pyridine rings is 1. The van der Waals surface area contributed by atoms with Crippen LogP contribution in [0.3, 0.4) is 0 Å². The predicted molar refractivity (Wildman–Crippen MR) is 77.2 cm³/mol. The number of hydrogen-bond donors (Lipinski definition) is 1. The van der Waals surface area contributed by atoms with Crippen LogP contribution in [-0.4, -0.2) is 12.0 Å². The molecule has 1 heterocycles. The second-order valence-electron chi connectivity index (χ2n) is 4.00. The maximum Gasteiger partial charge on any atom is 0.0616 e. The SMILES string of the molecule is CN(Cc1ccccn1)c1cc(Cl)c(Cl)cc1N. The predicted octanol–water partition coefficient (Wildman–Crippen LogP) is 3.61. The van der Waals surface area contributed by atoms with E-state index in [1.165, 1.54) is 0 Å². The minimum Gasteiger partial charge on any atom is -0.397 e. The molecule has 2 aromatic rings. The van der Waals surface area contributed by atoms with Crippen molar-refractivity contribution in [1.82, 2.24) is 4.98 Å². The summed E-state index contributed by atoms with van der Waals surface area (Å²) in [6.07, 6.45) is 1.77. The van der Waals surface area contributed by atoms with E-state index in [9.17, 15) is 0 Å². The van der Waals surface area contributed by atoms with Gasteiger partial charge >= 0.3 is 0 Å². The lowest BCUT2D eigenvalue weighted by atomic mass is 10.2. The molecule has 0 saturated heterocycles. The smallest absolute Gasteiger partial charge is 0.0616 e. The molecular formula is C13H13Cl2N3. The van der Waals surface area contributed by atoms with Crippen LogP contribution in [0.1, 0.15) is 5.69 Å². The zero-order chi connectivity index (χ0) is 13.1. The van der Waals surface area contributed by atoms with Crippen LogP contribution in [0.15, 0.2) is 36.5 Å². The highest BCUT2D eigenvalue weighted by Crippen LogP contribution is 2.32. The fraction of sp³-hybridized carbons (Fsp3) is 0.154. The molecule has 2 N–H and O–H groups in total. The van der Waals surface area contributed by atoms with Gasteiger partial charge in [-0.3, -0.25) is 4.98 Å². The molecule has 0 fully saturated rings. The Labute approximate surface area is 116 Å². The van der Waals surface area contributed by atoms with Crippen LogP contribution in [0.5, 0.6) is 0 Å². The summed E-state index contributed by atoms with van der Waals surface area (Å²) in [6, 6.07) is 9.23. The molecule has 1 aromatic carbocycles. The summed E-state index contributed by atoms with van der Waals surface area (Å²) >= 11 is 11.9. The van der Waals surface area contributed by atoms with E-state index in [0.29, 0.717) is 22.3 Å². The van der Waals surface area contributed by atoms with Crippen molar-refractivity contribution in [3.63, 3.8) is 0 Å². The largest absolute Gasteiger partial charge is 0.397 e. The topological polar surface area (TPSA) is 42.2 Å². The van der Waals surface area contributed by atoms with Gasteiger partial charge in [-0.05, 0) is 24.3 Å². The van der Waals surface area contributed by atoms with E-state index in [4.69, 9.17) is 28.9 Å². The molecule has 94 valence electrons. The highest BCUT2D eigenvalue weighted by atomic mass is 35.5. The first-order valence-corrected chi connectivity index (χ1v) is 6.19. The Morgan fingerprint density at radius 1 is 1.22 bits per heavy atom. The van der Waals surface area contributed by atoms with Crippen LogP contribution in [0, 0.1) is 0 Å². The molecule has 0 unspecified atom stereocenters. The molecule has 0 bridgehead atoms. The second-order valence-corrected chi connectivity index (χ2v) is 4.82. The molecule has 0 atom stereocenters. The molecule has 0 amide bonds. The Balaban J connectivity index is 2.24. The molecule has 0 aliphatic rings. The molecule has 3 nitrogen and oxygen atoms in total. The summed E-state index contributed by atoms with van der Waals surface area (Å²) < 4.78 is 0. The summed E-state index contributed by atoms with van der Waals surface area (Å²) in [5.74, 6) is 0.